The summed E-state index contributed by atoms with van der Waals surface area (Å²) in [4.78, 5) is 15.9. The van der Waals surface area contributed by atoms with Gasteiger partial charge in [-0.15, -0.1) is 24.0 Å². The summed E-state index contributed by atoms with van der Waals surface area (Å²) in [6.45, 7) is 1.17. The molecule has 1 aliphatic rings. The number of nitrogens with two attached hydrogens (primary N) is 1. The van der Waals surface area contributed by atoms with Crippen molar-refractivity contribution in [2.24, 2.45) is 16.6 Å². The Morgan fingerprint density at radius 2 is 2.21 bits per heavy atom. The molecule has 0 spiro atoms. The first-order valence-electron chi connectivity index (χ1n) is 7.78. The monoisotopic (exact) mass is 466 g/mol. The van der Waals surface area contributed by atoms with Gasteiger partial charge in [-0.2, -0.15) is 0 Å². The molecule has 0 aromatic heterocycles. The maximum absolute atomic E-state index is 11.6. The fraction of sp³-hybridized carbons (Fsp3) is 0.500. The van der Waals surface area contributed by atoms with Crippen molar-refractivity contribution >= 4 is 53.1 Å². The number of halogens is 2. The summed E-state index contributed by atoms with van der Waals surface area (Å²) < 4.78 is 5.09. The van der Waals surface area contributed by atoms with E-state index >= 15 is 0 Å². The molecule has 2 rings (SSSR count). The predicted molar refractivity (Wildman–Crippen MR) is 108 cm³/mol. The number of carbonyl (C=O) groups excluding carboxylic acids is 1. The van der Waals surface area contributed by atoms with E-state index in [1.165, 1.54) is 6.42 Å². The summed E-state index contributed by atoms with van der Waals surface area (Å²) in [5.74, 6) is 1.32. The SMILES string of the molecule is COc1ccc(NC(N)=NCCCNC(=O)C2CCC2)cc1Cl.I. The summed E-state index contributed by atoms with van der Waals surface area (Å²) in [7, 11) is 1.56. The highest BCUT2D eigenvalue weighted by Crippen LogP contribution is 2.27. The lowest BCUT2D eigenvalue weighted by Crippen LogP contribution is -2.35. The smallest absolute Gasteiger partial charge is 0.223 e. The quantitative estimate of drug-likeness (QED) is 0.249. The van der Waals surface area contributed by atoms with Gasteiger partial charge in [-0.3, -0.25) is 9.79 Å². The van der Waals surface area contributed by atoms with Crippen LogP contribution in [0.3, 0.4) is 0 Å². The summed E-state index contributed by atoms with van der Waals surface area (Å²) >= 11 is 6.04. The minimum atomic E-state index is 0. The molecule has 1 fully saturated rings. The van der Waals surface area contributed by atoms with Gasteiger partial charge < -0.3 is 21.1 Å². The lowest BCUT2D eigenvalue weighted by atomic mass is 9.85. The number of hydrogen-bond acceptors (Lipinski definition) is 3. The Morgan fingerprint density at radius 3 is 2.79 bits per heavy atom. The van der Waals surface area contributed by atoms with Gasteiger partial charge in [0.25, 0.3) is 0 Å². The average molecular weight is 467 g/mol. The number of hydrogen-bond donors (Lipinski definition) is 3. The van der Waals surface area contributed by atoms with Gasteiger partial charge in [-0.25, -0.2) is 0 Å². The maximum atomic E-state index is 11.6. The fourth-order valence-electron chi connectivity index (χ4n) is 2.24. The highest BCUT2D eigenvalue weighted by Gasteiger charge is 2.24. The van der Waals surface area contributed by atoms with E-state index < -0.39 is 0 Å². The van der Waals surface area contributed by atoms with Crippen LogP contribution in [0.25, 0.3) is 0 Å². The van der Waals surface area contributed by atoms with Crippen LogP contribution in [-0.4, -0.2) is 32.1 Å². The van der Waals surface area contributed by atoms with Gasteiger partial charge in [0.05, 0.1) is 12.1 Å². The Balaban J connectivity index is 0.00000288. The largest absolute Gasteiger partial charge is 0.495 e. The van der Waals surface area contributed by atoms with Crippen molar-refractivity contribution in [3.63, 3.8) is 0 Å². The Hall–Kier alpha value is -1.22. The fourth-order valence-corrected chi connectivity index (χ4v) is 2.49. The Kier molecular flexibility index (Phi) is 9.20. The minimum Gasteiger partial charge on any atom is -0.495 e. The van der Waals surface area contributed by atoms with Crippen molar-refractivity contribution in [3.05, 3.63) is 23.2 Å². The molecule has 6 nitrogen and oxygen atoms in total. The molecule has 0 atom stereocenters. The molecule has 4 N–H and O–H groups in total. The maximum Gasteiger partial charge on any atom is 0.223 e. The Labute approximate surface area is 164 Å². The number of nitrogens with one attached hydrogen (secondary N) is 2. The lowest BCUT2D eigenvalue weighted by Gasteiger charge is -2.23. The van der Waals surface area contributed by atoms with E-state index in [0.717, 1.165) is 24.9 Å². The molecule has 1 aromatic rings. The van der Waals surface area contributed by atoms with Gasteiger partial charge >= 0.3 is 0 Å². The van der Waals surface area contributed by atoms with Gasteiger partial charge in [0.1, 0.15) is 5.75 Å². The van der Waals surface area contributed by atoms with Gasteiger partial charge in [0.15, 0.2) is 5.96 Å². The lowest BCUT2D eigenvalue weighted by molar-refractivity contribution is -0.127. The third-order valence-electron chi connectivity index (χ3n) is 3.82. The molecule has 134 valence electrons. The van der Waals surface area contributed by atoms with Crippen LogP contribution in [0.15, 0.2) is 23.2 Å². The van der Waals surface area contributed by atoms with E-state index in [1.54, 1.807) is 19.2 Å². The molecule has 0 radical (unpaired) electrons. The summed E-state index contributed by atoms with van der Waals surface area (Å²) in [6.07, 6.45) is 3.96. The molecule has 0 bridgehead atoms. The van der Waals surface area contributed by atoms with Crippen LogP contribution < -0.4 is 21.1 Å². The second-order valence-corrected chi connectivity index (χ2v) is 5.92. The van der Waals surface area contributed by atoms with Crippen LogP contribution in [0.5, 0.6) is 5.75 Å². The van der Waals surface area contributed by atoms with Crippen molar-refractivity contribution in [2.45, 2.75) is 25.7 Å². The van der Waals surface area contributed by atoms with E-state index in [1.807, 2.05) is 6.07 Å². The Bertz CT molecular complexity index is 579. The number of amides is 1. The van der Waals surface area contributed by atoms with Gasteiger partial charge in [-0.05, 0) is 37.5 Å². The Morgan fingerprint density at radius 1 is 1.46 bits per heavy atom. The molecular weight excluding hydrogens is 443 g/mol. The standard InChI is InChI=1S/C16H23ClN4O2.HI/c1-23-14-7-6-12(10-13(14)17)21-16(18)20-9-3-8-19-15(22)11-4-2-5-11;/h6-7,10-11H,2-5,8-9H2,1H3,(H,19,22)(H3,18,20,21);1H. The molecule has 0 unspecified atom stereocenters. The number of nitrogens with zero attached hydrogens (tertiary/aromatic N) is 1. The van der Waals surface area contributed by atoms with Gasteiger partial charge in [0, 0.05) is 24.7 Å². The van der Waals surface area contributed by atoms with Crippen LogP contribution in [0.4, 0.5) is 5.69 Å². The number of aliphatic imine (C=N–C) groups is 1. The number of ether oxygens (including phenoxy) is 1. The third-order valence-corrected chi connectivity index (χ3v) is 4.11. The highest BCUT2D eigenvalue weighted by molar-refractivity contribution is 14.0. The van der Waals surface area contributed by atoms with E-state index in [9.17, 15) is 4.79 Å². The summed E-state index contributed by atoms with van der Waals surface area (Å²) in [5, 5.41) is 6.40. The van der Waals surface area contributed by atoms with Crippen molar-refractivity contribution < 1.29 is 9.53 Å². The molecule has 1 saturated carbocycles. The first-order valence-corrected chi connectivity index (χ1v) is 8.16. The molecular formula is C16H24ClIN4O2. The topological polar surface area (TPSA) is 88.7 Å². The number of benzene rings is 1. The average Bonchev–Trinajstić information content (AvgIpc) is 2.45. The first-order chi connectivity index (χ1) is 11.1. The number of methoxy groups -OCH3 is 1. The van der Waals surface area contributed by atoms with Crippen molar-refractivity contribution in [1.82, 2.24) is 5.32 Å². The number of carbonyl (C=O) groups is 1. The van der Waals surface area contributed by atoms with E-state index in [2.05, 4.69) is 15.6 Å². The summed E-state index contributed by atoms with van der Waals surface area (Å²) in [5.41, 5.74) is 6.57. The molecule has 1 aliphatic carbocycles. The normalized spacial score (nSPS) is 14.3. The molecule has 0 aliphatic heterocycles. The molecule has 1 aromatic carbocycles. The number of guanidine groups is 1. The van der Waals surface area contributed by atoms with E-state index in [4.69, 9.17) is 22.1 Å². The van der Waals surface area contributed by atoms with Gasteiger partial charge in [0.2, 0.25) is 5.91 Å². The molecule has 0 saturated heterocycles. The van der Waals surface area contributed by atoms with Crippen LogP contribution in [0, 0.1) is 5.92 Å². The zero-order valence-electron chi connectivity index (χ0n) is 13.7. The number of rotatable bonds is 7. The van der Waals surface area contributed by atoms with Crippen LogP contribution in [-0.2, 0) is 4.79 Å². The van der Waals surface area contributed by atoms with Crippen molar-refractivity contribution in [2.75, 3.05) is 25.5 Å². The van der Waals surface area contributed by atoms with Crippen molar-refractivity contribution in [1.29, 1.82) is 0 Å². The van der Waals surface area contributed by atoms with Crippen LogP contribution in [0.1, 0.15) is 25.7 Å². The second-order valence-electron chi connectivity index (χ2n) is 5.51. The molecule has 1 amide bonds. The zero-order chi connectivity index (χ0) is 16.7. The second kappa shape index (κ2) is 10.6. The van der Waals surface area contributed by atoms with E-state index in [0.29, 0.717) is 29.8 Å². The zero-order valence-corrected chi connectivity index (χ0v) is 16.8. The molecule has 24 heavy (non-hydrogen) atoms. The number of anilines is 1. The third kappa shape index (κ3) is 6.35. The minimum absolute atomic E-state index is 0. The highest BCUT2D eigenvalue weighted by atomic mass is 127. The van der Waals surface area contributed by atoms with Crippen molar-refractivity contribution in [3.8, 4) is 5.75 Å². The molecule has 0 heterocycles. The van der Waals surface area contributed by atoms with Gasteiger partial charge in [-0.1, -0.05) is 18.0 Å². The first kappa shape index (κ1) is 20.8. The van der Waals surface area contributed by atoms with E-state index in [-0.39, 0.29) is 35.8 Å². The van der Waals surface area contributed by atoms with Crippen LogP contribution in [0.2, 0.25) is 5.02 Å². The van der Waals surface area contributed by atoms with Crippen LogP contribution >= 0.6 is 35.6 Å². The predicted octanol–water partition coefficient (Wildman–Crippen LogP) is 3.00. The summed E-state index contributed by atoms with van der Waals surface area (Å²) in [6, 6.07) is 5.29. The molecule has 8 heteroatoms.